The van der Waals surface area contributed by atoms with Crippen molar-refractivity contribution in [3.8, 4) is 5.75 Å². The van der Waals surface area contributed by atoms with Crippen molar-refractivity contribution in [2.24, 2.45) is 5.10 Å². The average Bonchev–Trinajstić information content (AvgIpc) is 2.83. The average molecular weight is 316 g/mol. The smallest absolute Gasteiger partial charge is 0.124 e. The predicted molar refractivity (Wildman–Crippen MR) is 78.5 cm³/mol. The Bertz CT molecular complexity index is 764. The van der Waals surface area contributed by atoms with Gasteiger partial charge in [0.1, 0.15) is 12.1 Å². The summed E-state index contributed by atoms with van der Waals surface area (Å²) in [5, 5.41) is 14.1. The lowest BCUT2D eigenvalue weighted by molar-refractivity contribution is 0.474. The highest BCUT2D eigenvalue weighted by Crippen LogP contribution is 2.20. The van der Waals surface area contributed by atoms with Gasteiger partial charge in [0.15, 0.2) is 0 Å². The number of halogens is 1. The Hall–Kier alpha value is -2.14. The molecule has 0 saturated heterocycles. The van der Waals surface area contributed by atoms with Gasteiger partial charge in [0.25, 0.3) is 0 Å². The summed E-state index contributed by atoms with van der Waals surface area (Å²) in [4.78, 5) is 4.25. The second-order valence-electron chi connectivity index (χ2n) is 4.03. The highest BCUT2D eigenvalue weighted by molar-refractivity contribution is 9.10. The second-order valence-corrected chi connectivity index (χ2v) is 4.94. The fourth-order valence-corrected chi connectivity index (χ4v) is 2.17. The molecule has 19 heavy (non-hydrogen) atoms. The lowest BCUT2D eigenvalue weighted by Crippen LogP contribution is -1.89. The van der Waals surface area contributed by atoms with Crippen LogP contribution in [-0.4, -0.2) is 21.0 Å². The summed E-state index contributed by atoms with van der Waals surface area (Å²) in [6.07, 6.45) is 3.25. The van der Waals surface area contributed by atoms with Gasteiger partial charge in [-0.2, -0.15) is 5.10 Å². The molecule has 0 fully saturated rings. The van der Waals surface area contributed by atoms with Gasteiger partial charge >= 0.3 is 0 Å². The number of hydrogen-bond donors (Lipinski definition) is 1. The molecule has 2 aromatic carbocycles. The van der Waals surface area contributed by atoms with Crippen LogP contribution in [0.5, 0.6) is 5.75 Å². The van der Waals surface area contributed by atoms with E-state index in [9.17, 15) is 5.11 Å². The number of rotatable bonds is 2. The van der Waals surface area contributed by atoms with E-state index in [2.05, 4.69) is 26.0 Å². The summed E-state index contributed by atoms with van der Waals surface area (Å²) in [5.74, 6) is 0.191. The van der Waals surface area contributed by atoms with Gasteiger partial charge in [-0.15, -0.1) is 0 Å². The standard InChI is InChI=1S/C14H10BrN3O/c15-11-5-6-14(19)10(7-11)8-17-18-9-16-12-3-1-2-4-13(12)18/h1-9,19H/b17-8+. The van der Waals surface area contributed by atoms with Crippen LogP contribution < -0.4 is 0 Å². The molecular weight excluding hydrogens is 306 g/mol. The quantitative estimate of drug-likeness (QED) is 0.737. The first-order valence-corrected chi connectivity index (χ1v) is 6.48. The molecule has 1 heterocycles. The molecular formula is C14H10BrN3O. The third kappa shape index (κ3) is 2.37. The topological polar surface area (TPSA) is 50.4 Å². The van der Waals surface area contributed by atoms with Crippen molar-refractivity contribution in [1.29, 1.82) is 0 Å². The third-order valence-corrected chi connectivity index (χ3v) is 3.24. The number of imidazole rings is 1. The number of hydrogen-bond acceptors (Lipinski definition) is 3. The van der Waals surface area contributed by atoms with Crippen molar-refractivity contribution >= 4 is 33.2 Å². The van der Waals surface area contributed by atoms with Crippen LogP contribution in [0.4, 0.5) is 0 Å². The summed E-state index contributed by atoms with van der Waals surface area (Å²) in [7, 11) is 0. The first kappa shape index (κ1) is 11.9. The Morgan fingerprint density at radius 3 is 2.95 bits per heavy atom. The van der Waals surface area contributed by atoms with Gasteiger partial charge in [-0.25, -0.2) is 9.66 Å². The van der Waals surface area contributed by atoms with Crippen molar-refractivity contribution in [3.05, 3.63) is 58.8 Å². The van der Waals surface area contributed by atoms with Crippen LogP contribution in [0.1, 0.15) is 5.56 Å². The minimum atomic E-state index is 0.191. The lowest BCUT2D eigenvalue weighted by atomic mass is 10.2. The minimum absolute atomic E-state index is 0.191. The molecule has 1 aromatic heterocycles. The van der Waals surface area contributed by atoms with Gasteiger partial charge in [-0.1, -0.05) is 28.1 Å². The number of nitrogens with zero attached hydrogens (tertiary/aromatic N) is 3. The van der Waals surface area contributed by atoms with E-state index in [1.165, 1.54) is 0 Å². The van der Waals surface area contributed by atoms with Crippen molar-refractivity contribution in [2.45, 2.75) is 0 Å². The lowest BCUT2D eigenvalue weighted by Gasteiger charge is -1.99. The van der Waals surface area contributed by atoms with Gasteiger partial charge in [0.2, 0.25) is 0 Å². The van der Waals surface area contributed by atoms with E-state index in [0.29, 0.717) is 5.56 Å². The fraction of sp³-hybridized carbons (Fsp3) is 0. The number of aromatic hydroxyl groups is 1. The van der Waals surface area contributed by atoms with Crippen molar-refractivity contribution in [1.82, 2.24) is 9.66 Å². The zero-order valence-corrected chi connectivity index (χ0v) is 11.4. The first-order chi connectivity index (χ1) is 9.24. The highest BCUT2D eigenvalue weighted by Gasteiger charge is 2.01. The van der Waals surface area contributed by atoms with Crippen LogP contribution in [0.15, 0.2) is 58.4 Å². The highest BCUT2D eigenvalue weighted by atomic mass is 79.9. The van der Waals surface area contributed by atoms with Gasteiger partial charge in [-0.3, -0.25) is 0 Å². The zero-order chi connectivity index (χ0) is 13.2. The maximum Gasteiger partial charge on any atom is 0.124 e. The van der Waals surface area contributed by atoms with Crippen molar-refractivity contribution < 1.29 is 5.11 Å². The molecule has 4 nitrogen and oxygen atoms in total. The molecule has 0 aliphatic carbocycles. The Kier molecular flexibility index (Phi) is 3.05. The van der Waals surface area contributed by atoms with E-state index in [-0.39, 0.29) is 5.75 Å². The van der Waals surface area contributed by atoms with Crippen molar-refractivity contribution in [3.63, 3.8) is 0 Å². The Morgan fingerprint density at radius 2 is 2.05 bits per heavy atom. The van der Waals surface area contributed by atoms with E-state index >= 15 is 0 Å². The molecule has 0 aliphatic rings. The first-order valence-electron chi connectivity index (χ1n) is 5.69. The molecule has 1 N–H and O–H groups in total. The Morgan fingerprint density at radius 1 is 1.21 bits per heavy atom. The fourth-order valence-electron chi connectivity index (χ4n) is 1.79. The van der Waals surface area contributed by atoms with E-state index < -0.39 is 0 Å². The van der Waals surface area contributed by atoms with Gasteiger partial charge in [-0.05, 0) is 30.3 Å². The largest absolute Gasteiger partial charge is 0.507 e. The maximum atomic E-state index is 9.74. The minimum Gasteiger partial charge on any atom is -0.507 e. The molecule has 3 rings (SSSR count). The molecule has 0 aliphatic heterocycles. The molecule has 0 atom stereocenters. The third-order valence-electron chi connectivity index (χ3n) is 2.75. The Labute approximate surface area is 118 Å². The predicted octanol–water partition coefficient (Wildman–Crippen LogP) is 3.39. The van der Waals surface area contributed by atoms with Crippen LogP contribution in [0.3, 0.4) is 0 Å². The van der Waals surface area contributed by atoms with E-state index in [0.717, 1.165) is 15.5 Å². The number of aromatic nitrogens is 2. The SMILES string of the molecule is Oc1ccc(Br)cc1/C=N/n1cnc2ccccc21. The molecule has 94 valence electrons. The monoisotopic (exact) mass is 315 g/mol. The number of para-hydroxylation sites is 2. The van der Waals surface area contributed by atoms with E-state index in [4.69, 9.17) is 0 Å². The summed E-state index contributed by atoms with van der Waals surface area (Å²) in [6, 6.07) is 12.9. The normalized spacial score (nSPS) is 11.4. The second kappa shape index (κ2) is 4.85. The number of fused-ring (bicyclic) bond motifs is 1. The molecule has 0 amide bonds. The number of benzene rings is 2. The molecule has 0 radical (unpaired) electrons. The van der Waals surface area contributed by atoms with Crippen LogP contribution >= 0.6 is 15.9 Å². The zero-order valence-electron chi connectivity index (χ0n) is 9.86. The molecule has 0 spiro atoms. The summed E-state index contributed by atoms with van der Waals surface area (Å²) < 4.78 is 2.57. The Balaban J connectivity index is 2.00. The van der Waals surface area contributed by atoms with E-state index in [1.54, 1.807) is 35.4 Å². The molecule has 0 saturated carbocycles. The summed E-state index contributed by atoms with van der Waals surface area (Å²) >= 11 is 3.36. The van der Waals surface area contributed by atoms with Gasteiger partial charge in [0, 0.05) is 10.0 Å². The van der Waals surface area contributed by atoms with Gasteiger partial charge < -0.3 is 5.11 Å². The maximum absolute atomic E-state index is 9.74. The molecule has 5 heteroatoms. The van der Waals surface area contributed by atoms with E-state index in [1.807, 2.05) is 24.3 Å². The summed E-state index contributed by atoms with van der Waals surface area (Å²) in [6.45, 7) is 0. The van der Waals surface area contributed by atoms with Crippen LogP contribution in [-0.2, 0) is 0 Å². The van der Waals surface area contributed by atoms with Crippen molar-refractivity contribution in [2.75, 3.05) is 0 Å². The molecule has 0 bridgehead atoms. The number of phenols is 1. The molecule has 3 aromatic rings. The molecule has 0 unspecified atom stereocenters. The van der Waals surface area contributed by atoms with Crippen LogP contribution in [0, 0.1) is 0 Å². The van der Waals surface area contributed by atoms with Gasteiger partial charge in [0.05, 0.1) is 17.2 Å². The van der Waals surface area contributed by atoms with Crippen LogP contribution in [0.2, 0.25) is 0 Å². The summed E-state index contributed by atoms with van der Waals surface area (Å²) in [5.41, 5.74) is 2.46. The van der Waals surface area contributed by atoms with Crippen LogP contribution in [0.25, 0.3) is 11.0 Å². The number of phenolic OH excluding ortho intramolecular Hbond substituents is 1.